The molecule has 0 saturated heterocycles. The van der Waals surface area contributed by atoms with Crippen molar-refractivity contribution in [2.45, 2.75) is 20.8 Å². The van der Waals surface area contributed by atoms with Gasteiger partial charge < -0.3 is 49.2 Å². The molecule has 0 aliphatic carbocycles. The minimum atomic E-state index is -1.11. The predicted octanol–water partition coefficient (Wildman–Crippen LogP) is 19.3. The molecule has 5 aliphatic heterocycles. The molecule has 5 N–H and O–H groups in total. The maximum atomic E-state index is 13.2. The lowest BCUT2D eigenvalue weighted by atomic mass is 10.0. The summed E-state index contributed by atoms with van der Waals surface area (Å²) in [6.45, 7) is 9.01. The summed E-state index contributed by atoms with van der Waals surface area (Å²) in [6, 6.07) is 62.6. The van der Waals surface area contributed by atoms with E-state index in [2.05, 4.69) is 25.0 Å². The molecule has 20 nitrogen and oxygen atoms in total. The number of aryl methyl sites for hydroxylation is 3. The highest BCUT2D eigenvalue weighted by Gasteiger charge is 2.21. The van der Waals surface area contributed by atoms with Crippen molar-refractivity contribution in [3.05, 3.63) is 327 Å². The quantitative estimate of drug-likeness (QED) is 0.0474. The van der Waals surface area contributed by atoms with Gasteiger partial charge in [0.2, 0.25) is 0 Å². The van der Waals surface area contributed by atoms with Crippen LogP contribution >= 0.6 is 0 Å². The molecule has 0 amide bonds. The number of allylic oxidation sites excluding steroid dienone is 5. The number of hydrogen-bond acceptors (Lipinski definition) is 15. The summed E-state index contributed by atoms with van der Waals surface area (Å²) >= 11 is 0. The van der Waals surface area contributed by atoms with Gasteiger partial charge in [0.15, 0.2) is 0 Å². The fraction of sp³-hybridized carbons (Fsp3) is 0.0909. The monoisotopic (exact) mass is 1460 g/mol. The molecule has 0 unspecified atom stereocenters. The molecular weight excluding hydrogens is 1390 g/mol. The van der Waals surface area contributed by atoms with E-state index in [1.807, 2.05) is 160 Å². The van der Waals surface area contributed by atoms with Gasteiger partial charge in [-0.05, 0) is 203 Å². The lowest BCUT2D eigenvalue weighted by Crippen LogP contribution is -2.02. The SMILES string of the molecule is Cc1ccc(Oc2ccc(C3=CCN=C3)cc2C(=O)O)cc1.Cc1cccc(Oc2ccc(C3=CCN=C3)cc2C(=O)O)c1.Cc1ccccc1Oc1ccc(C2=CCN=C2)cc1C(=O)O.O=C(O)c1cc(C2=CCN=C2)ccc1Oc1cccc(F)c1.O=C(O)c1cc(C2=CCN=C2)ccc1Oc1ccccc1. The third-order valence-electron chi connectivity index (χ3n) is 16.7. The summed E-state index contributed by atoms with van der Waals surface area (Å²) in [7, 11) is 0. The molecule has 0 bridgehead atoms. The van der Waals surface area contributed by atoms with Crippen molar-refractivity contribution in [2.24, 2.45) is 25.0 Å². The van der Waals surface area contributed by atoms with Crippen LogP contribution < -0.4 is 23.7 Å². The van der Waals surface area contributed by atoms with Gasteiger partial charge in [0, 0.05) is 37.1 Å². The van der Waals surface area contributed by atoms with Gasteiger partial charge in [0.25, 0.3) is 0 Å². The molecule has 544 valence electrons. The van der Waals surface area contributed by atoms with Crippen LogP contribution in [0, 0.1) is 26.6 Å². The molecule has 109 heavy (non-hydrogen) atoms. The standard InChI is InChI=1S/3C18H15NO3.C17H12FNO3.C17H13NO3/c1-12-2-5-15(6-3-12)22-17-7-4-13(10-16(17)18(20)21)14-8-9-19-11-14;1-12-3-2-4-15(9-12)22-17-6-5-13(10-16(17)18(20)21)14-7-8-19-11-14;1-12-4-2-3-5-16(12)22-17-7-6-13(10-15(17)18(20)21)14-8-9-19-11-14;18-13-2-1-3-14(9-13)22-16-5-4-11(8-15(16)17(20)21)12-6-7-19-10-12;19-17(20)15-10-12(13-8-9-18-11-13)6-7-16(15)21-14-4-2-1-3-5-14/h2-8,10-11H,9H2,1H3,(H,20,21);2-7,9-11H,8H2,1H3,(H,20,21);2-8,10-11H,9H2,1H3,(H,20,21);1-6,8-10H,7H2,(H,20,21);1-8,10-11H,9H2,(H,19,20). The van der Waals surface area contributed by atoms with Gasteiger partial charge in [0.05, 0.1) is 32.7 Å². The molecule has 0 spiro atoms. The number of aliphatic imine (C=N–C) groups is 5. The van der Waals surface area contributed by atoms with Crippen LogP contribution in [0.3, 0.4) is 0 Å². The summed E-state index contributed by atoms with van der Waals surface area (Å²) in [6.07, 6.45) is 18.5. The Hall–Kier alpha value is -14.5. The normalized spacial score (nSPS) is 13.0. The fourth-order valence-corrected chi connectivity index (χ4v) is 11.2. The third-order valence-corrected chi connectivity index (χ3v) is 16.7. The van der Waals surface area contributed by atoms with E-state index in [9.17, 15) is 53.9 Å². The van der Waals surface area contributed by atoms with E-state index in [1.54, 1.807) is 116 Å². The Morgan fingerprint density at radius 3 is 0.908 bits per heavy atom. The first-order chi connectivity index (χ1) is 52.8. The van der Waals surface area contributed by atoms with Crippen LogP contribution in [0.5, 0.6) is 57.5 Å². The Labute approximate surface area is 626 Å². The highest BCUT2D eigenvalue weighted by Crippen LogP contribution is 2.36. The molecule has 0 atom stereocenters. The first kappa shape index (κ1) is 75.7. The van der Waals surface area contributed by atoms with E-state index in [1.165, 1.54) is 24.3 Å². The molecule has 0 fully saturated rings. The van der Waals surface area contributed by atoms with Crippen LogP contribution in [-0.2, 0) is 0 Å². The molecule has 15 rings (SSSR count). The molecule has 0 aromatic heterocycles. The second-order valence-electron chi connectivity index (χ2n) is 24.5. The van der Waals surface area contributed by atoms with E-state index in [0.717, 1.165) is 72.4 Å². The van der Waals surface area contributed by atoms with Gasteiger partial charge in [0.1, 0.15) is 91.1 Å². The smallest absolute Gasteiger partial charge is 0.339 e. The zero-order valence-corrected chi connectivity index (χ0v) is 59.0. The Kier molecular flexibility index (Phi) is 25.2. The molecule has 0 saturated carbocycles. The Balaban J connectivity index is 0.000000135. The van der Waals surface area contributed by atoms with Crippen molar-refractivity contribution in [1.29, 1.82) is 0 Å². The number of carboxylic acids is 5. The van der Waals surface area contributed by atoms with E-state index in [-0.39, 0.29) is 39.3 Å². The molecule has 10 aromatic rings. The summed E-state index contributed by atoms with van der Waals surface area (Å²) in [5.41, 5.74) is 12.4. The fourth-order valence-electron chi connectivity index (χ4n) is 11.2. The van der Waals surface area contributed by atoms with Gasteiger partial charge >= 0.3 is 29.8 Å². The van der Waals surface area contributed by atoms with Crippen LogP contribution in [0.1, 0.15) is 96.3 Å². The number of rotatable bonds is 20. The first-order valence-electron chi connectivity index (χ1n) is 34.1. The van der Waals surface area contributed by atoms with E-state index in [0.29, 0.717) is 78.7 Å². The number of halogens is 1. The Bertz CT molecular complexity index is 5300. The van der Waals surface area contributed by atoms with Gasteiger partial charge in [-0.2, -0.15) is 0 Å². The topological polar surface area (TPSA) is 294 Å². The maximum Gasteiger partial charge on any atom is 0.339 e. The minimum Gasteiger partial charge on any atom is -0.478 e. The number of carboxylic acid groups (broad SMARTS) is 5. The van der Waals surface area contributed by atoms with Gasteiger partial charge in [-0.1, -0.05) is 133 Å². The number of benzene rings is 10. The second-order valence-corrected chi connectivity index (χ2v) is 24.5. The molecule has 0 radical (unpaired) electrons. The van der Waals surface area contributed by atoms with Crippen LogP contribution in [0.2, 0.25) is 0 Å². The van der Waals surface area contributed by atoms with Crippen molar-refractivity contribution >= 4 is 88.8 Å². The molecule has 5 aliphatic rings. The molecule has 5 heterocycles. The number of nitrogens with zero attached hydrogens (tertiary/aromatic N) is 5. The van der Waals surface area contributed by atoms with Crippen molar-refractivity contribution in [2.75, 3.05) is 32.7 Å². The average molecular weight is 1460 g/mol. The first-order valence-corrected chi connectivity index (χ1v) is 34.1. The van der Waals surface area contributed by atoms with Gasteiger partial charge in [-0.3, -0.25) is 25.0 Å². The van der Waals surface area contributed by atoms with E-state index < -0.39 is 35.7 Å². The third kappa shape index (κ3) is 20.7. The van der Waals surface area contributed by atoms with Crippen LogP contribution in [0.4, 0.5) is 4.39 Å². The van der Waals surface area contributed by atoms with Gasteiger partial charge in [-0.15, -0.1) is 0 Å². The summed E-state index contributed by atoms with van der Waals surface area (Å²) in [5, 5.41) is 47.0. The van der Waals surface area contributed by atoms with Crippen LogP contribution in [0.25, 0.3) is 27.9 Å². The second kappa shape index (κ2) is 36.3. The number of ether oxygens (including phenoxy) is 5. The van der Waals surface area contributed by atoms with E-state index >= 15 is 0 Å². The summed E-state index contributed by atoms with van der Waals surface area (Å²) < 4.78 is 41.6. The number of aromatic carboxylic acids is 5. The summed E-state index contributed by atoms with van der Waals surface area (Å²) in [5.74, 6) is -1.38. The highest BCUT2D eigenvalue weighted by atomic mass is 19.1. The summed E-state index contributed by atoms with van der Waals surface area (Å²) in [4.78, 5) is 78.0. The maximum absolute atomic E-state index is 13.2. The highest BCUT2D eigenvalue weighted by molar-refractivity contribution is 6.15. The molecule has 21 heteroatoms. The zero-order valence-electron chi connectivity index (χ0n) is 59.0. The lowest BCUT2D eigenvalue weighted by Gasteiger charge is -2.12. The molecule has 10 aromatic carbocycles. The predicted molar refractivity (Wildman–Crippen MR) is 420 cm³/mol. The van der Waals surface area contributed by atoms with Crippen molar-refractivity contribution < 1.29 is 77.6 Å². The average Bonchev–Trinajstić information content (AvgIpc) is 1.84. The van der Waals surface area contributed by atoms with Crippen molar-refractivity contribution in [3.8, 4) is 57.5 Å². The van der Waals surface area contributed by atoms with Gasteiger partial charge in [-0.25, -0.2) is 28.4 Å². The van der Waals surface area contributed by atoms with E-state index in [4.69, 9.17) is 23.7 Å². The zero-order chi connectivity index (χ0) is 76.8. The number of para-hydroxylation sites is 2. The number of carbonyl (C=O) groups is 5. The largest absolute Gasteiger partial charge is 0.478 e. The van der Waals surface area contributed by atoms with Crippen molar-refractivity contribution in [1.82, 2.24) is 0 Å². The minimum absolute atomic E-state index is 0.0166. The van der Waals surface area contributed by atoms with Crippen LogP contribution in [0.15, 0.2) is 274 Å². The Morgan fingerprint density at radius 2 is 0.587 bits per heavy atom. The van der Waals surface area contributed by atoms with Crippen molar-refractivity contribution in [3.63, 3.8) is 0 Å². The molecular formula is C88H70FN5O15. The number of hydrogen-bond donors (Lipinski definition) is 5. The lowest BCUT2D eigenvalue weighted by molar-refractivity contribution is 0.0683. The Morgan fingerprint density at radius 1 is 0.284 bits per heavy atom. The van der Waals surface area contributed by atoms with Crippen LogP contribution in [-0.4, -0.2) is 119 Å².